The number of rotatable bonds is 4. The highest BCUT2D eigenvalue weighted by atomic mass is 79.9. The number of piperidine rings is 1. The number of likely N-dealkylation sites (tertiary alicyclic amines) is 1. The molecule has 0 amide bonds. The third-order valence-electron chi connectivity index (χ3n) is 6.30. The minimum absolute atomic E-state index is 0.0181. The van der Waals surface area contributed by atoms with E-state index in [-0.39, 0.29) is 33.6 Å². The third-order valence-corrected chi connectivity index (χ3v) is 6.92. The predicted molar refractivity (Wildman–Crippen MR) is 126 cm³/mol. The number of hydrogen-bond donors (Lipinski definition) is 4. The zero-order valence-electron chi connectivity index (χ0n) is 18.5. The molecular formula is C24H26BrNO7. The van der Waals surface area contributed by atoms with Gasteiger partial charge in [0.15, 0.2) is 0 Å². The van der Waals surface area contributed by atoms with E-state index < -0.39 is 29.3 Å². The summed E-state index contributed by atoms with van der Waals surface area (Å²) in [4.78, 5) is 15.5. The van der Waals surface area contributed by atoms with Crippen LogP contribution in [0.2, 0.25) is 0 Å². The molecule has 1 fully saturated rings. The summed E-state index contributed by atoms with van der Waals surface area (Å²) in [6, 6.07) is 6.03. The maximum Gasteiger partial charge on any atom is 0.202 e. The highest BCUT2D eigenvalue weighted by Crippen LogP contribution is 2.42. The Labute approximate surface area is 198 Å². The van der Waals surface area contributed by atoms with Crippen molar-refractivity contribution in [2.24, 2.45) is 0 Å². The lowest BCUT2D eigenvalue weighted by Crippen LogP contribution is -2.40. The average Bonchev–Trinajstić information content (AvgIpc) is 2.74. The lowest BCUT2D eigenvalue weighted by molar-refractivity contribution is 0.0630. The smallest absolute Gasteiger partial charge is 0.202 e. The molecule has 1 aliphatic rings. The van der Waals surface area contributed by atoms with Crippen LogP contribution < -0.4 is 10.2 Å². The summed E-state index contributed by atoms with van der Waals surface area (Å²) in [6.07, 6.45) is -1.56. The molecule has 4 N–H and O–H groups in total. The molecule has 3 unspecified atom stereocenters. The van der Waals surface area contributed by atoms with E-state index in [0.717, 1.165) is 6.07 Å². The number of methoxy groups -OCH3 is 1. The van der Waals surface area contributed by atoms with Crippen LogP contribution in [0.4, 0.5) is 0 Å². The molecule has 33 heavy (non-hydrogen) atoms. The maximum absolute atomic E-state index is 13.5. The number of hydrogen-bond acceptors (Lipinski definition) is 8. The van der Waals surface area contributed by atoms with Crippen molar-refractivity contribution in [3.05, 3.63) is 61.4 Å². The first-order valence-corrected chi connectivity index (χ1v) is 11.3. The van der Waals surface area contributed by atoms with E-state index in [1.807, 2.05) is 11.9 Å². The molecular weight excluding hydrogens is 494 g/mol. The van der Waals surface area contributed by atoms with Crippen LogP contribution in [0.5, 0.6) is 17.2 Å². The molecule has 0 radical (unpaired) electrons. The molecule has 0 aliphatic carbocycles. The lowest BCUT2D eigenvalue weighted by Gasteiger charge is -2.34. The number of aryl methyl sites for hydroxylation is 1. The van der Waals surface area contributed by atoms with Gasteiger partial charge in [-0.1, -0.05) is 6.07 Å². The minimum Gasteiger partial charge on any atom is -0.507 e. The van der Waals surface area contributed by atoms with Gasteiger partial charge in [-0.3, -0.25) is 4.79 Å². The monoisotopic (exact) mass is 519 g/mol. The molecule has 0 saturated carbocycles. The molecule has 1 aliphatic heterocycles. The van der Waals surface area contributed by atoms with Gasteiger partial charge in [-0.15, -0.1) is 0 Å². The Bertz CT molecular complexity index is 1270. The number of fused-ring (bicyclic) bond motifs is 1. The van der Waals surface area contributed by atoms with Gasteiger partial charge >= 0.3 is 0 Å². The van der Waals surface area contributed by atoms with Gasteiger partial charge in [-0.2, -0.15) is 0 Å². The number of benzene rings is 2. The summed E-state index contributed by atoms with van der Waals surface area (Å²) in [6.45, 7) is 2.64. The van der Waals surface area contributed by atoms with Crippen molar-refractivity contribution >= 4 is 26.9 Å². The van der Waals surface area contributed by atoms with E-state index in [9.17, 15) is 25.2 Å². The van der Waals surface area contributed by atoms with Crippen LogP contribution in [0.3, 0.4) is 0 Å². The largest absolute Gasteiger partial charge is 0.507 e. The Morgan fingerprint density at radius 2 is 1.97 bits per heavy atom. The third kappa shape index (κ3) is 4.10. The number of β-amino-alcohol motifs (C(OH)–C–C–N with tert-alkyl or cyclic N) is 1. The highest BCUT2D eigenvalue weighted by molar-refractivity contribution is 9.10. The molecule has 0 bridgehead atoms. The zero-order chi connectivity index (χ0) is 24.0. The molecule has 8 nitrogen and oxygen atoms in total. The van der Waals surface area contributed by atoms with Gasteiger partial charge in [0.25, 0.3) is 0 Å². The second kappa shape index (κ2) is 8.98. The lowest BCUT2D eigenvalue weighted by atomic mass is 9.85. The Morgan fingerprint density at radius 3 is 2.61 bits per heavy atom. The fourth-order valence-corrected chi connectivity index (χ4v) is 5.15. The summed E-state index contributed by atoms with van der Waals surface area (Å²) in [7, 11) is 3.42. The van der Waals surface area contributed by atoms with Crippen LogP contribution in [0.25, 0.3) is 11.0 Å². The van der Waals surface area contributed by atoms with Gasteiger partial charge in [0.1, 0.15) is 40.1 Å². The molecule has 176 valence electrons. The Balaban J connectivity index is 1.90. The number of nitrogens with zero attached hydrogens (tertiary/aromatic N) is 1. The van der Waals surface area contributed by atoms with Crippen LogP contribution in [0.15, 0.2) is 37.9 Å². The number of ether oxygens (including phenoxy) is 1. The zero-order valence-corrected chi connectivity index (χ0v) is 20.1. The van der Waals surface area contributed by atoms with E-state index in [1.165, 1.54) is 7.11 Å². The van der Waals surface area contributed by atoms with Crippen molar-refractivity contribution < 1.29 is 29.6 Å². The minimum atomic E-state index is -1.32. The number of aliphatic hydroxyl groups excluding tert-OH is 2. The van der Waals surface area contributed by atoms with Gasteiger partial charge in [-0.05, 0) is 60.6 Å². The molecule has 2 heterocycles. The summed E-state index contributed by atoms with van der Waals surface area (Å²) < 4.78 is 11.8. The summed E-state index contributed by atoms with van der Waals surface area (Å²) in [5.41, 5.74) is 0.124. The SMILES string of the molecule is COc1ccc(C(O)c2c(C)oc3c(C4CCN(C)CC4O)c(O)cc(O)c3c2=O)cc1Br. The highest BCUT2D eigenvalue weighted by Gasteiger charge is 2.34. The first-order valence-electron chi connectivity index (χ1n) is 10.5. The van der Waals surface area contributed by atoms with Gasteiger partial charge in [-0.25, -0.2) is 0 Å². The predicted octanol–water partition coefficient (Wildman–Crippen LogP) is 3.15. The maximum atomic E-state index is 13.5. The number of likely N-dealkylation sites (N-methyl/N-ethyl adjacent to an activating group) is 1. The average molecular weight is 520 g/mol. The fourth-order valence-electron chi connectivity index (χ4n) is 4.60. The van der Waals surface area contributed by atoms with Crippen molar-refractivity contribution in [3.63, 3.8) is 0 Å². The second-order valence-electron chi connectivity index (χ2n) is 8.45. The van der Waals surface area contributed by atoms with E-state index in [2.05, 4.69) is 15.9 Å². The van der Waals surface area contributed by atoms with Crippen molar-refractivity contribution in [2.45, 2.75) is 31.5 Å². The second-order valence-corrected chi connectivity index (χ2v) is 9.31. The van der Waals surface area contributed by atoms with Crippen LogP contribution in [-0.4, -0.2) is 58.7 Å². The Kier molecular flexibility index (Phi) is 6.41. The van der Waals surface area contributed by atoms with Crippen molar-refractivity contribution in [1.82, 2.24) is 4.90 Å². The van der Waals surface area contributed by atoms with E-state index in [1.54, 1.807) is 25.1 Å². The summed E-state index contributed by atoms with van der Waals surface area (Å²) in [5, 5.41) is 42.7. The van der Waals surface area contributed by atoms with Crippen molar-refractivity contribution in [1.29, 1.82) is 0 Å². The van der Waals surface area contributed by atoms with Gasteiger partial charge in [0, 0.05) is 24.1 Å². The Hall–Kier alpha value is -2.59. The van der Waals surface area contributed by atoms with Gasteiger partial charge < -0.3 is 34.5 Å². The van der Waals surface area contributed by atoms with Crippen LogP contribution in [-0.2, 0) is 0 Å². The molecule has 3 aromatic rings. The number of phenolic OH excluding ortho intramolecular Hbond substituents is 2. The molecule has 1 aromatic heterocycles. The molecule has 9 heteroatoms. The van der Waals surface area contributed by atoms with Crippen LogP contribution in [0, 0.1) is 6.92 Å². The number of aromatic hydroxyl groups is 2. The van der Waals surface area contributed by atoms with Gasteiger partial charge in [0.2, 0.25) is 5.43 Å². The topological polar surface area (TPSA) is 124 Å². The van der Waals surface area contributed by atoms with E-state index >= 15 is 0 Å². The van der Waals surface area contributed by atoms with Gasteiger partial charge in [0.05, 0.1) is 23.2 Å². The normalized spacial score (nSPS) is 20.2. The first kappa shape index (κ1) is 23.6. The molecule has 1 saturated heterocycles. The molecule has 0 spiro atoms. The Morgan fingerprint density at radius 1 is 1.24 bits per heavy atom. The fraction of sp³-hybridized carbons (Fsp3) is 0.375. The summed E-state index contributed by atoms with van der Waals surface area (Å²) in [5.74, 6) is -0.446. The molecule has 3 atom stereocenters. The van der Waals surface area contributed by atoms with Crippen LogP contribution in [0.1, 0.15) is 40.9 Å². The molecule has 2 aromatic carbocycles. The van der Waals surface area contributed by atoms with E-state index in [4.69, 9.17) is 9.15 Å². The summed E-state index contributed by atoms with van der Waals surface area (Å²) >= 11 is 3.38. The first-order chi connectivity index (χ1) is 15.6. The van der Waals surface area contributed by atoms with Crippen molar-refractivity contribution in [2.75, 3.05) is 27.2 Å². The quantitative estimate of drug-likeness (QED) is 0.414. The number of halogens is 1. The van der Waals surface area contributed by atoms with E-state index in [0.29, 0.717) is 35.3 Å². The van der Waals surface area contributed by atoms with Crippen molar-refractivity contribution in [3.8, 4) is 17.2 Å². The number of phenols is 2. The standard InChI is InChI=1S/C24H26BrNO7/c1-11-19(22(30)12-4-5-18(32-3)14(25)8-12)23(31)21-16(28)9-15(27)20(24(21)33-11)13-6-7-26(2)10-17(13)29/h4-5,8-9,13,17,22,27-30H,6-7,10H2,1-3H3. The number of aliphatic hydroxyl groups is 2. The molecule has 4 rings (SSSR count). The van der Waals surface area contributed by atoms with Crippen LogP contribution >= 0.6 is 15.9 Å².